The number of ether oxygens (including phenoxy) is 1. The molecule has 8 heteroatoms. The zero-order chi connectivity index (χ0) is 22.9. The zero-order valence-electron chi connectivity index (χ0n) is 18.0. The van der Waals surface area contributed by atoms with Crippen molar-refractivity contribution >= 4 is 23.6 Å². The molecule has 0 unspecified atom stereocenters. The number of hydrogen-bond acceptors (Lipinski definition) is 4. The average molecular weight is 429 g/mol. The van der Waals surface area contributed by atoms with E-state index in [0.717, 1.165) is 11.1 Å². The fourth-order valence-electron chi connectivity index (χ4n) is 2.61. The highest BCUT2D eigenvalue weighted by atomic mass is 19.1. The van der Waals surface area contributed by atoms with Crippen molar-refractivity contribution in [3.63, 3.8) is 0 Å². The molecule has 0 aliphatic carbocycles. The van der Waals surface area contributed by atoms with Crippen molar-refractivity contribution in [2.24, 2.45) is 0 Å². The van der Waals surface area contributed by atoms with Gasteiger partial charge in [-0.25, -0.2) is 9.18 Å². The molecule has 0 aliphatic rings. The first-order valence-corrected chi connectivity index (χ1v) is 9.97. The van der Waals surface area contributed by atoms with Crippen molar-refractivity contribution in [3.05, 3.63) is 65.5 Å². The number of rotatable bonds is 8. The second-order valence-corrected chi connectivity index (χ2v) is 8.01. The lowest BCUT2D eigenvalue weighted by atomic mass is 10.1. The summed E-state index contributed by atoms with van der Waals surface area (Å²) >= 11 is 0. The van der Waals surface area contributed by atoms with E-state index in [2.05, 4.69) is 16.0 Å². The van der Waals surface area contributed by atoms with E-state index in [1.807, 2.05) is 0 Å². The molecule has 0 fully saturated rings. The van der Waals surface area contributed by atoms with Crippen LogP contribution in [0, 0.1) is 5.82 Å². The van der Waals surface area contributed by atoms with Gasteiger partial charge in [-0.05, 0) is 62.6 Å². The van der Waals surface area contributed by atoms with Crippen LogP contribution in [0.25, 0.3) is 0 Å². The van der Waals surface area contributed by atoms with Crippen LogP contribution in [0.1, 0.15) is 38.3 Å². The van der Waals surface area contributed by atoms with Crippen molar-refractivity contribution in [1.82, 2.24) is 10.6 Å². The maximum absolute atomic E-state index is 13.2. The third-order valence-electron chi connectivity index (χ3n) is 4.05. The number of aryl methyl sites for hydroxylation is 1. The minimum atomic E-state index is -0.653. The van der Waals surface area contributed by atoms with E-state index in [1.54, 1.807) is 57.2 Å². The van der Waals surface area contributed by atoms with Gasteiger partial charge in [-0.3, -0.25) is 9.59 Å². The summed E-state index contributed by atoms with van der Waals surface area (Å²) in [5.74, 6) is -0.833. The van der Waals surface area contributed by atoms with E-state index in [-0.39, 0.29) is 37.1 Å². The number of amides is 3. The highest BCUT2D eigenvalue weighted by Gasteiger charge is 2.16. The van der Waals surface area contributed by atoms with Gasteiger partial charge in [0.05, 0.1) is 0 Å². The molecule has 2 aromatic carbocycles. The third-order valence-corrected chi connectivity index (χ3v) is 4.05. The molecule has 2 rings (SSSR count). The van der Waals surface area contributed by atoms with Crippen LogP contribution in [0.2, 0.25) is 0 Å². The number of hydrogen-bond donors (Lipinski definition) is 3. The molecule has 3 amide bonds. The minimum Gasteiger partial charge on any atom is -0.444 e. The van der Waals surface area contributed by atoms with Crippen LogP contribution < -0.4 is 16.0 Å². The normalized spacial score (nSPS) is 10.8. The van der Waals surface area contributed by atoms with Crippen molar-refractivity contribution < 1.29 is 23.5 Å². The second-order valence-electron chi connectivity index (χ2n) is 8.01. The number of carbonyl (C=O) groups is 3. The lowest BCUT2D eigenvalue weighted by Gasteiger charge is -2.19. The van der Waals surface area contributed by atoms with Crippen molar-refractivity contribution in [2.45, 2.75) is 45.8 Å². The van der Waals surface area contributed by atoms with Crippen LogP contribution in [0.5, 0.6) is 0 Å². The van der Waals surface area contributed by atoms with Gasteiger partial charge in [-0.1, -0.05) is 24.3 Å². The number of carbonyl (C=O) groups excluding carboxylic acids is 3. The Morgan fingerprint density at radius 2 is 1.65 bits per heavy atom. The first-order chi connectivity index (χ1) is 14.6. The molecular weight excluding hydrogens is 401 g/mol. The number of benzene rings is 2. The zero-order valence-corrected chi connectivity index (χ0v) is 18.0. The third kappa shape index (κ3) is 9.75. The molecule has 0 aromatic heterocycles. The van der Waals surface area contributed by atoms with Gasteiger partial charge in [0, 0.05) is 18.7 Å². The Morgan fingerprint density at radius 3 is 2.29 bits per heavy atom. The molecule has 0 aliphatic heterocycles. The molecule has 0 saturated carbocycles. The predicted octanol–water partition coefficient (Wildman–Crippen LogP) is 3.54. The first kappa shape index (κ1) is 23.9. The SMILES string of the molecule is CC(C)(C)OC(=O)NCC(=O)NCc1ccc(NC(=O)CCc2cccc(F)c2)cc1. The number of anilines is 1. The number of halogens is 1. The molecule has 0 radical (unpaired) electrons. The summed E-state index contributed by atoms with van der Waals surface area (Å²) in [5, 5.41) is 7.87. The molecule has 0 spiro atoms. The Balaban J connectivity index is 1.70. The summed E-state index contributed by atoms with van der Waals surface area (Å²) in [6, 6.07) is 13.2. The largest absolute Gasteiger partial charge is 0.444 e. The van der Waals surface area contributed by atoms with Gasteiger partial charge in [0.2, 0.25) is 11.8 Å². The Bertz CT molecular complexity index is 908. The van der Waals surface area contributed by atoms with E-state index in [0.29, 0.717) is 12.1 Å². The van der Waals surface area contributed by atoms with Crippen LogP contribution in [0.15, 0.2) is 48.5 Å². The summed E-state index contributed by atoms with van der Waals surface area (Å²) < 4.78 is 18.2. The smallest absolute Gasteiger partial charge is 0.408 e. The van der Waals surface area contributed by atoms with Crippen LogP contribution in [0.4, 0.5) is 14.9 Å². The molecule has 0 bridgehead atoms. The van der Waals surface area contributed by atoms with Crippen molar-refractivity contribution in [2.75, 3.05) is 11.9 Å². The summed E-state index contributed by atoms with van der Waals surface area (Å²) in [6.07, 6.45) is 0.0388. The Kier molecular flexibility index (Phi) is 8.54. The average Bonchev–Trinajstić information content (AvgIpc) is 2.69. The maximum atomic E-state index is 13.2. The van der Waals surface area contributed by atoms with Gasteiger partial charge in [0.1, 0.15) is 18.0 Å². The molecule has 3 N–H and O–H groups in total. The van der Waals surface area contributed by atoms with Crippen LogP contribution in [-0.2, 0) is 27.3 Å². The van der Waals surface area contributed by atoms with Crippen molar-refractivity contribution in [3.8, 4) is 0 Å². The predicted molar refractivity (Wildman–Crippen MR) is 116 cm³/mol. The fraction of sp³-hybridized carbons (Fsp3) is 0.348. The molecule has 2 aromatic rings. The van der Waals surface area contributed by atoms with Gasteiger partial charge >= 0.3 is 6.09 Å². The summed E-state index contributed by atoms with van der Waals surface area (Å²) in [5.41, 5.74) is 1.61. The van der Waals surface area contributed by atoms with E-state index in [4.69, 9.17) is 4.74 Å². The van der Waals surface area contributed by atoms with Gasteiger partial charge in [-0.2, -0.15) is 0 Å². The highest BCUT2D eigenvalue weighted by Crippen LogP contribution is 2.12. The van der Waals surface area contributed by atoms with Crippen molar-refractivity contribution in [1.29, 1.82) is 0 Å². The first-order valence-electron chi connectivity index (χ1n) is 9.97. The molecular formula is C23H28FN3O4. The Hall–Kier alpha value is -3.42. The monoisotopic (exact) mass is 429 g/mol. The summed E-state index contributed by atoms with van der Waals surface area (Å²) in [6.45, 7) is 5.31. The van der Waals surface area contributed by atoms with Crippen LogP contribution in [-0.4, -0.2) is 30.1 Å². The van der Waals surface area contributed by atoms with Gasteiger partial charge in [0.25, 0.3) is 0 Å². The lowest BCUT2D eigenvalue weighted by molar-refractivity contribution is -0.120. The maximum Gasteiger partial charge on any atom is 0.408 e. The Morgan fingerprint density at radius 1 is 0.935 bits per heavy atom. The molecule has 0 saturated heterocycles. The number of alkyl carbamates (subject to hydrolysis) is 1. The van der Waals surface area contributed by atoms with Gasteiger partial charge in [-0.15, -0.1) is 0 Å². The molecule has 166 valence electrons. The van der Waals surface area contributed by atoms with E-state index < -0.39 is 11.7 Å². The topological polar surface area (TPSA) is 96.5 Å². The highest BCUT2D eigenvalue weighted by molar-refractivity contribution is 5.90. The summed E-state index contributed by atoms with van der Waals surface area (Å²) in [4.78, 5) is 35.5. The fourth-order valence-corrected chi connectivity index (χ4v) is 2.61. The standard InChI is InChI=1S/C23H28FN3O4/c1-23(2,3)31-22(30)26-15-21(29)25-14-17-7-10-19(11-8-17)27-20(28)12-9-16-5-4-6-18(24)13-16/h4-8,10-11,13H,9,12,14-15H2,1-3H3,(H,25,29)(H,26,30)(H,27,28). The Labute approximate surface area is 181 Å². The van der Waals surface area contributed by atoms with Gasteiger partial charge < -0.3 is 20.7 Å². The molecule has 31 heavy (non-hydrogen) atoms. The minimum absolute atomic E-state index is 0.168. The van der Waals surface area contributed by atoms with Crippen LogP contribution >= 0.6 is 0 Å². The second kappa shape index (κ2) is 11.1. The quantitative estimate of drug-likeness (QED) is 0.598. The van der Waals surface area contributed by atoms with Crippen LogP contribution in [0.3, 0.4) is 0 Å². The van der Waals surface area contributed by atoms with Gasteiger partial charge in [0.15, 0.2) is 0 Å². The number of nitrogens with one attached hydrogen (secondary N) is 3. The molecule has 0 atom stereocenters. The molecule has 0 heterocycles. The molecule has 7 nitrogen and oxygen atoms in total. The summed E-state index contributed by atoms with van der Waals surface area (Å²) in [7, 11) is 0. The lowest BCUT2D eigenvalue weighted by Crippen LogP contribution is -2.39. The van der Waals surface area contributed by atoms with E-state index >= 15 is 0 Å². The van der Waals surface area contributed by atoms with E-state index in [1.165, 1.54) is 12.1 Å². The van der Waals surface area contributed by atoms with E-state index in [9.17, 15) is 18.8 Å².